The second kappa shape index (κ2) is 9.43. The van der Waals surface area contributed by atoms with E-state index in [1.807, 2.05) is 58.0 Å². The molecule has 33 heavy (non-hydrogen) atoms. The van der Waals surface area contributed by atoms with Crippen LogP contribution in [0.5, 0.6) is 0 Å². The van der Waals surface area contributed by atoms with E-state index in [1.54, 1.807) is 4.57 Å². The quantitative estimate of drug-likeness (QED) is 0.568. The number of aromatic nitrogens is 4. The second-order valence-electron chi connectivity index (χ2n) is 9.00. The van der Waals surface area contributed by atoms with E-state index in [0.717, 1.165) is 10.1 Å². The number of carbonyl (C=O) groups is 2. The van der Waals surface area contributed by atoms with Gasteiger partial charge >= 0.3 is 5.69 Å². The van der Waals surface area contributed by atoms with E-state index in [1.165, 1.54) is 22.8 Å². The minimum absolute atomic E-state index is 0.182. The molecular weight excluding hydrogens is 424 g/mol. The van der Waals surface area contributed by atoms with Crippen molar-refractivity contribution in [3.8, 4) is 0 Å². The first-order chi connectivity index (χ1) is 15.5. The molecule has 2 heterocycles. The third kappa shape index (κ3) is 5.39. The Morgan fingerprint density at radius 1 is 1.09 bits per heavy atom. The smallest absolute Gasteiger partial charge is 0.333 e. The zero-order valence-electron chi connectivity index (χ0n) is 19.7. The van der Waals surface area contributed by atoms with Gasteiger partial charge in [-0.3, -0.25) is 19.0 Å². The fraction of sp³-hybridized carbons (Fsp3) is 0.435. The lowest BCUT2D eigenvalue weighted by Gasteiger charge is -2.23. The molecule has 3 aromatic rings. The fourth-order valence-corrected chi connectivity index (χ4v) is 3.54. The van der Waals surface area contributed by atoms with Crippen LogP contribution < -0.4 is 16.6 Å². The maximum atomic E-state index is 13.3. The highest BCUT2D eigenvalue weighted by Crippen LogP contribution is 2.10. The molecule has 10 nitrogen and oxygen atoms in total. The second-order valence-corrected chi connectivity index (χ2v) is 9.00. The highest BCUT2D eigenvalue weighted by atomic mass is 16.2. The van der Waals surface area contributed by atoms with Crippen molar-refractivity contribution in [3.63, 3.8) is 0 Å². The summed E-state index contributed by atoms with van der Waals surface area (Å²) in [6.07, 6.45) is 1.52. The van der Waals surface area contributed by atoms with Crippen molar-refractivity contribution in [2.24, 2.45) is 0 Å². The van der Waals surface area contributed by atoms with Gasteiger partial charge in [-0.15, -0.1) is 0 Å². The Kier molecular flexibility index (Phi) is 6.85. The summed E-state index contributed by atoms with van der Waals surface area (Å²) in [5, 5.41) is 2.78. The molecule has 0 radical (unpaired) electrons. The van der Waals surface area contributed by atoms with Gasteiger partial charge < -0.3 is 14.8 Å². The number of carbonyl (C=O) groups excluding carboxylic acids is 2. The normalized spacial score (nSPS) is 11.5. The molecule has 10 heteroatoms. The van der Waals surface area contributed by atoms with E-state index in [4.69, 9.17) is 0 Å². The van der Waals surface area contributed by atoms with Crippen molar-refractivity contribution in [3.05, 3.63) is 63.1 Å². The van der Waals surface area contributed by atoms with Crippen LogP contribution in [0, 0.1) is 0 Å². The number of rotatable bonds is 7. The average molecular weight is 455 g/mol. The maximum Gasteiger partial charge on any atom is 0.333 e. The molecule has 0 saturated heterocycles. The maximum absolute atomic E-state index is 13.3. The number of fused-ring (bicyclic) bond motifs is 1. The van der Waals surface area contributed by atoms with Gasteiger partial charge in [-0.05, 0) is 33.3 Å². The number of nitrogens with one attached hydrogen (secondary N) is 1. The number of hydrogen-bond donors (Lipinski definition) is 1. The molecule has 0 atom stereocenters. The Hall–Kier alpha value is -3.69. The van der Waals surface area contributed by atoms with Gasteiger partial charge in [0.05, 0.1) is 19.4 Å². The summed E-state index contributed by atoms with van der Waals surface area (Å²) in [7, 11) is 1.47. The molecule has 0 fully saturated rings. The summed E-state index contributed by atoms with van der Waals surface area (Å²) >= 11 is 0. The van der Waals surface area contributed by atoms with E-state index in [0.29, 0.717) is 6.54 Å². The van der Waals surface area contributed by atoms with Crippen molar-refractivity contribution >= 4 is 23.0 Å². The van der Waals surface area contributed by atoms with E-state index in [2.05, 4.69) is 10.3 Å². The lowest BCUT2D eigenvalue weighted by molar-refractivity contribution is -0.135. The summed E-state index contributed by atoms with van der Waals surface area (Å²) < 4.78 is 3.97. The molecule has 1 aromatic carbocycles. The zero-order valence-corrected chi connectivity index (χ0v) is 19.7. The summed E-state index contributed by atoms with van der Waals surface area (Å²) in [5.74, 6) is -0.849. The highest BCUT2D eigenvalue weighted by Gasteiger charge is 2.22. The summed E-state index contributed by atoms with van der Waals surface area (Å²) in [6, 6.07) is 9.34. The van der Waals surface area contributed by atoms with Gasteiger partial charge in [0, 0.05) is 19.1 Å². The minimum atomic E-state index is -0.626. The molecule has 3 rings (SSSR count). The predicted octanol–water partition coefficient (Wildman–Crippen LogP) is 0.801. The molecule has 0 aliphatic carbocycles. The number of likely N-dealkylation sites (N-methyl/N-ethyl adjacent to an activating group) is 1. The number of benzene rings is 1. The van der Waals surface area contributed by atoms with E-state index in [9.17, 15) is 19.2 Å². The number of aryl methyl sites for hydroxylation is 1. The van der Waals surface area contributed by atoms with Crippen molar-refractivity contribution in [1.29, 1.82) is 0 Å². The fourth-order valence-electron chi connectivity index (χ4n) is 3.54. The molecule has 0 bridgehead atoms. The van der Waals surface area contributed by atoms with Crippen LogP contribution in [0.2, 0.25) is 0 Å². The summed E-state index contributed by atoms with van der Waals surface area (Å²) in [6.45, 7) is 7.42. The molecule has 1 N–H and O–H groups in total. The number of nitrogens with zero attached hydrogens (tertiary/aromatic N) is 5. The largest absolute Gasteiger partial charge is 0.350 e. The van der Waals surface area contributed by atoms with Crippen molar-refractivity contribution in [2.45, 2.75) is 52.9 Å². The summed E-state index contributed by atoms with van der Waals surface area (Å²) in [4.78, 5) is 57.0. The molecule has 2 aromatic heterocycles. The van der Waals surface area contributed by atoms with Gasteiger partial charge in [0.1, 0.15) is 6.54 Å². The van der Waals surface area contributed by atoms with Crippen LogP contribution in [0.4, 0.5) is 0 Å². The lowest BCUT2D eigenvalue weighted by Crippen LogP contribution is -2.48. The lowest BCUT2D eigenvalue weighted by atomic mass is 10.1. The Morgan fingerprint density at radius 3 is 2.36 bits per heavy atom. The van der Waals surface area contributed by atoms with Gasteiger partial charge in [0.2, 0.25) is 11.8 Å². The van der Waals surface area contributed by atoms with Crippen LogP contribution in [-0.4, -0.2) is 54.5 Å². The van der Waals surface area contributed by atoms with Crippen LogP contribution in [0.1, 0.15) is 33.3 Å². The number of imidazole rings is 1. The monoisotopic (exact) mass is 454 g/mol. The topological polar surface area (TPSA) is 111 Å². The van der Waals surface area contributed by atoms with Gasteiger partial charge in [0.15, 0.2) is 11.2 Å². The van der Waals surface area contributed by atoms with Crippen molar-refractivity contribution in [2.75, 3.05) is 13.6 Å². The van der Waals surface area contributed by atoms with Gasteiger partial charge in [-0.2, -0.15) is 0 Å². The SMILES string of the molecule is CCn1cnc2c1c(=O)n(CC(=O)N(C)CC(=O)NC(C)(C)C)c(=O)n2Cc1ccccc1. The first-order valence-corrected chi connectivity index (χ1v) is 10.8. The summed E-state index contributed by atoms with van der Waals surface area (Å²) in [5.41, 5.74) is -0.254. The Labute approximate surface area is 191 Å². The third-order valence-corrected chi connectivity index (χ3v) is 5.12. The van der Waals surface area contributed by atoms with Crippen molar-refractivity contribution in [1.82, 2.24) is 28.9 Å². The Morgan fingerprint density at radius 2 is 1.76 bits per heavy atom. The Bertz CT molecular complexity index is 1280. The first-order valence-electron chi connectivity index (χ1n) is 10.8. The van der Waals surface area contributed by atoms with Gasteiger partial charge in [0.25, 0.3) is 5.56 Å². The van der Waals surface area contributed by atoms with Gasteiger partial charge in [-0.25, -0.2) is 14.3 Å². The number of hydrogen-bond acceptors (Lipinski definition) is 5. The standard InChI is InChI=1S/C23H30N6O4/c1-6-27-15-24-20-19(27)21(32)29(22(33)28(20)12-16-10-8-7-9-11-16)14-18(31)26(5)13-17(30)25-23(2,3)4/h7-11,15H,6,12-14H2,1-5H3,(H,25,30). The molecule has 0 unspecified atom stereocenters. The molecule has 176 valence electrons. The minimum Gasteiger partial charge on any atom is -0.350 e. The van der Waals surface area contributed by atoms with Crippen LogP contribution >= 0.6 is 0 Å². The Balaban J connectivity index is 1.98. The zero-order chi connectivity index (χ0) is 24.3. The molecule has 0 saturated carbocycles. The molecule has 0 spiro atoms. The highest BCUT2D eigenvalue weighted by molar-refractivity contribution is 5.85. The van der Waals surface area contributed by atoms with Crippen molar-refractivity contribution < 1.29 is 9.59 Å². The van der Waals surface area contributed by atoms with E-state index in [-0.39, 0.29) is 30.2 Å². The molecule has 0 aliphatic rings. The van der Waals surface area contributed by atoms with Gasteiger partial charge in [-0.1, -0.05) is 30.3 Å². The molecule has 2 amide bonds. The third-order valence-electron chi connectivity index (χ3n) is 5.12. The molecular formula is C23H30N6O4. The predicted molar refractivity (Wildman–Crippen MR) is 125 cm³/mol. The van der Waals surface area contributed by atoms with Crippen LogP contribution in [0.25, 0.3) is 11.2 Å². The van der Waals surface area contributed by atoms with Crippen LogP contribution in [0.3, 0.4) is 0 Å². The first kappa shape index (κ1) is 24.0. The van der Waals surface area contributed by atoms with Crippen LogP contribution in [0.15, 0.2) is 46.2 Å². The van der Waals surface area contributed by atoms with Crippen LogP contribution in [-0.2, 0) is 29.2 Å². The number of amides is 2. The van der Waals surface area contributed by atoms with E-state index >= 15 is 0 Å². The molecule has 0 aliphatic heterocycles. The van der Waals surface area contributed by atoms with E-state index < -0.39 is 29.2 Å². The average Bonchev–Trinajstić information content (AvgIpc) is 3.17.